The maximum atomic E-state index is 13.0. The number of pyridine rings is 1. The van der Waals surface area contributed by atoms with Crippen LogP contribution in [0, 0.1) is 11.3 Å². The highest BCUT2D eigenvalue weighted by molar-refractivity contribution is 6.06. The van der Waals surface area contributed by atoms with E-state index in [1.165, 1.54) is 0 Å². The molecule has 9 nitrogen and oxygen atoms in total. The molecule has 0 saturated heterocycles. The van der Waals surface area contributed by atoms with Crippen LogP contribution in [-0.4, -0.2) is 37.2 Å². The predicted octanol–water partition coefficient (Wildman–Crippen LogP) is 3.24. The molecule has 33 heavy (non-hydrogen) atoms. The van der Waals surface area contributed by atoms with Gasteiger partial charge in [0, 0.05) is 37.4 Å². The number of carbonyl (C=O) groups excluding carboxylic acids is 1. The summed E-state index contributed by atoms with van der Waals surface area (Å²) in [6.45, 7) is 3.43. The summed E-state index contributed by atoms with van der Waals surface area (Å²) in [6, 6.07) is 11.3. The van der Waals surface area contributed by atoms with Crippen molar-refractivity contribution in [3.63, 3.8) is 0 Å². The Morgan fingerprint density at radius 1 is 1.27 bits per heavy atom. The number of aryl methyl sites for hydroxylation is 1. The minimum absolute atomic E-state index is 0.176. The summed E-state index contributed by atoms with van der Waals surface area (Å²) in [5, 5.41) is 20.9. The number of anilines is 2. The van der Waals surface area contributed by atoms with Crippen LogP contribution in [0.3, 0.4) is 0 Å². The molecular weight excluding hydrogens is 416 g/mol. The van der Waals surface area contributed by atoms with Crippen molar-refractivity contribution < 1.29 is 4.79 Å². The Kier molecular flexibility index (Phi) is 5.40. The number of benzene rings is 1. The fourth-order valence-corrected chi connectivity index (χ4v) is 4.08. The molecule has 4 heterocycles. The van der Waals surface area contributed by atoms with Gasteiger partial charge in [0.2, 0.25) is 11.9 Å². The molecule has 164 valence electrons. The van der Waals surface area contributed by atoms with E-state index in [4.69, 9.17) is 4.98 Å². The van der Waals surface area contributed by atoms with Gasteiger partial charge in [-0.2, -0.15) is 15.3 Å². The van der Waals surface area contributed by atoms with Gasteiger partial charge in [0.25, 0.3) is 0 Å². The normalized spacial score (nSPS) is 14.7. The minimum atomic E-state index is -0.642. The molecule has 1 aliphatic rings. The average Bonchev–Trinajstić information content (AvgIpc) is 3.38. The molecule has 0 bridgehead atoms. The molecule has 9 heteroatoms. The Balaban J connectivity index is 1.54. The molecule has 1 aliphatic heterocycles. The Morgan fingerprint density at radius 3 is 2.97 bits per heavy atom. The Hall–Kier alpha value is -4.32. The number of nitriles is 1. The van der Waals surface area contributed by atoms with E-state index < -0.39 is 5.92 Å². The monoisotopic (exact) mass is 438 g/mol. The minimum Gasteiger partial charge on any atom is -0.354 e. The molecule has 0 fully saturated rings. The van der Waals surface area contributed by atoms with Crippen molar-refractivity contribution in [3.8, 4) is 6.07 Å². The molecule has 0 spiro atoms. The van der Waals surface area contributed by atoms with E-state index >= 15 is 0 Å². The summed E-state index contributed by atoms with van der Waals surface area (Å²) in [6.07, 6.45) is 7.15. The van der Waals surface area contributed by atoms with Crippen LogP contribution in [0.15, 0.2) is 48.9 Å². The van der Waals surface area contributed by atoms with E-state index in [0.717, 1.165) is 35.9 Å². The van der Waals surface area contributed by atoms with Crippen molar-refractivity contribution in [2.75, 3.05) is 17.2 Å². The third-order valence-corrected chi connectivity index (χ3v) is 5.61. The van der Waals surface area contributed by atoms with Gasteiger partial charge in [-0.15, -0.1) is 0 Å². The largest absolute Gasteiger partial charge is 0.354 e. The topological polar surface area (TPSA) is 121 Å². The molecule has 0 radical (unpaired) electrons. The average molecular weight is 438 g/mol. The zero-order chi connectivity index (χ0) is 22.8. The first kappa shape index (κ1) is 20.6. The van der Waals surface area contributed by atoms with E-state index in [1.54, 1.807) is 24.4 Å². The fourth-order valence-electron chi connectivity index (χ4n) is 4.08. The standard InChI is InChI=1S/C24H22N8O/c1-2-10-32-14-18-21(20-17-11-16(12-25)5-6-19(17)28-23(20)33)29-24(30-22(18)31-32)27-9-7-15-4-3-8-26-13-15/h3-6,8,11,13-14,20H,2,7,9-10H2,1H3,(H,28,33)(H,27,30,31). The number of nitrogens with zero attached hydrogens (tertiary/aromatic N) is 6. The number of fused-ring (bicyclic) bond motifs is 2. The highest BCUT2D eigenvalue weighted by Crippen LogP contribution is 2.39. The van der Waals surface area contributed by atoms with Crippen LogP contribution in [0.1, 0.15) is 41.6 Å². The van der Waals surface area contributed by atoms with Gasteiger partial charge in [-0.1, -0.05) is 13.0 Å². The zero-order valence-corrected chi connectivity index (χ0v) is 18.1. The maximum Gasteiger partial charge on any atom is 0.238 e. The van der Waals surface area contributed by atoms with Gasteiger partial charge in [-0.05, 0) is 48.2 Å². The van der Waals surface area contributed by atoms with Crippen molar-refractivity contribution in [2.24, 2.45) is 0 Å². The molecule has 0 aliphatic carbocycles. The zero-order valence-electron chi connectivity index (χ0n) is 18.1. The quantitative estimate of drug-likeness (QED) is 0.454. The second kappa shape index (κ2) is 8.67. The van der Waals surface area contributed by atoms with Crippen LogP contribution in [-0.2, 0) is 17.8 Å². The molecule has 1 unspecified atom stereocenters. The Morgan fingerprint density at radius 2 is 2.18 bits per heavy atom. The summed E-state index contributed by atoms with van der Waals surface area (Å²) in [4.78, 5) is 26.5. The lowest BCUT2D eigenvalue weighted by atomic mass is 9.94. The lowest BCUT2D eigenvalue weighted by Gasteiger charge is -2.12. The van der Waals surface area contributed by atoms with Crippen molar-refractivity contribution in [1.29, 1.82) is 5.26 Å². The summed E-state index contributed by atoms with van der Waals surface area (Å²) < 4.78 is 1.84. The van der Waals surface area contributed by atoms with Gasteiger partial charge in [0.15, 0.2) is 5.65 Å². The number of rotatable bonds is 7. The van der Waals surface area contributed by atoms with Crippen LogP contribution in [0.25, 0.3) is 11.0 Å². The molecule has 2 N–H and O–H groups in total. The van der Waals surface area contributed by atoms with Crippen LogP contribution >= 0.6 is 0 Å². The van der Waals surface area contributed by atoms with Gasteiger partial charge in [-0.25, -0.2) is 4.98 Å². The van der Waals surface area contributed by atoms with Gasteiger partial charge in [0.05, 0.1) is 22.7 Å². The second-order valence-corrected chi connectivity index (χ2v) is 7.94. The summed E-state index contributed by atoms with van der Waals surface area (Å²) in [5.41, 5.74) is 4.16. The van der Waals surface area contributed by atoms with Gasteiger partial charge < -0.3 is 10.6 Å². The number of aromatic nitrogens is 5. The van der Waals surface area contributed by atoms with E-state index in [1.807, 2.05) is 29.2 Å². The van der Waals surface area contributed by atoms with Crippen molar-refractivity contribution in [3.05, 3.63) is 71.3 Å². The Bertz CT molecular complexity index is 1370. The van der Waals surface area contributed by atoms with Crippen molar-refractivity contribution in [2.45, 2.75) is 32.2 Å². The van der Waals surface area contributed by atoms with Gasteiger partial charge in [0.1, 0.15) is 5.92 Å². The highest BCUT2D eigenvalue weighted by Gasteiger charge is 2.35. The SMILES string of the molecule is CCCn1cc2c(C3C(=O)Nc4ccc(C#N)cc43)nc(NCCc3cccnc3)nc2n1. The van der Waals surface area contributed by atoms with Crippen molar-refractivity contribution >= 4 is 28.6 Å². The molecular formula is C24H22N8O. The molecule has 1 atom stereocenters. The van der Waals surface area contributed by atoms with E-state index in [0.29, 0.717) is 35.1 Å². The van der Waals surface area contributed by atoms with Crippen LogP contribution in [0.4, 0.5) is 11.6 Å². The lowest BCUT2D eigenvalue weighted by Crippen LogP contribution is -2.17. The first-order chi connectivity index (χ1) is 16.2. The third-order valence-electron chi connectivity index (χ3n) is 5.61. The number of hydrogen-bond donors (Lipinski definition) is 2. The van der Waals surface area contributed by atoms with E-state index in [2.05, 4.69) is 38.7 Å². The lowest BCUT2D eigenvalue weighted by molar-refractivity contribution is -0.116. The molecule has 0 saturated carbocycles. The number of amides is 1. The molecule has 1 aromatic carbocycles. The summed E-state index contributed by atoms with van der Waals surface area (Å²) in [5.74, 6) is -0.401. The number of hydrogen-bond acceptors (Lipinski definition) is 7. The molecule has 4 aromatic rings. The van der Waals surface area contributed by atoms with Crippen LogP contribution in [0.2, 0.25) is 0 Å². The smallest absolute Gasteiger partial charge is 0.238 e. The third kappa shape index (κ3) is 3.99. The maximum absolute atomic E-state index is 13.0. The second-order valence-electron chi connectivity index (χ2n) is 7.94. The molecule has 3 aromatic heterocycles. The first-order valence-electron chi connectivity index (χ1n) is 10.9. The highest BCUT2D eigenvalue weighted by atomic mass is 16.2. The Labute approximate surface area is 190 Å². The fraction of sp³-hybridized carbons (Fsp3) is 0.250. The number of nitrogens with one attached hydrogen (secondary N) is 2. The van der Waals surface area contributed by atoms with E-state index in [-0.39, 0.29) is 5.91 Å². The first-order valence-corrected chi connectivity index (χ1v) is 10.9. The molecule has 1 amide bonds. The van der Waals surface area contributed by atoms with Crippen LogP contribution in [0.5, 0.6) is 0 Å². The van der Waals surface area contributed by atoms with Gasteiger partial charge in [-0.3, -0.25) is 14.5 Å². The molecule has 5 rings (SSSR count). The summed E-state index contributed by atoms with van der Waals surface area (Å²) in [7, 11) is 0. The van der Waals surface area contributed by atoms with E-state index in [9.17, 15) is 10.1 Å². The van der Waals surface area contributed by atoms with Crippen molar-refractivity contribution in [1.82, 2.24) is 24.7 Å². The summed E-state index contributed by atoms with van der Waals surface area (Å²) >= 11 is 0. The van der Waals surface area contributed by atoms with Gasteiger partial charge >= 0.3 is 0 Å². The number of carbonyl (C=O) groups is 1. The predicted molar refractivity (Wildman–Crippen MR) is 124 cm³/mol. The van der Waals surface area contributed by atoms with Crippen LogP contribution < -0.4 is 10.6 Å².